The molecule has 4 nitrogen and oxygen atoms in total. The topological polar surface area (TPSA) is 35.6 Å². The van der Waals surface area contributed by atoms with Crippen LogP contribution in [0.1, 0.15) is 25.1 Å². The SMILES string of the molecule is CC1(C)c2ccccc2-c2c(-n3c4ccccc4c4cc5ccccc5cc43)nc(-c3cccc4c3c3ccccc3n4-c3ccccc3)nc21. The lowest BCUT2D eigenvalue weighted by Gasteiger charge is -2.21. The average molecular weight is 653 g/mol. The summed E-state index contributed by atoms with van der Waals surface area (Å²) in [6.45, 7) is 4.61. The maximum atomic E-state index is 5.68. The highest BCUT2D eigenvalue weighted by molar-refractivity contribution is 6.16. The fourth-order valence-electron chi connectivity index (χ4n) is 8.75. The summed E-state index contributed by atoms with van der Waals surface area (Å²) in [5, 5.41) is 7.21. The Hall–Kier alpha value is -6.52. The quantitative estimate of drug-likeness (QED) is 0.190. The maximum absolute atomic E-state index is 5.68. The summed E-state index contributed by atoms with van der Waals surface area (Å²) in [6.07, 6.45) is 0. The molecule has 1 aliphatic carbocycles. The number of hydrogen-bond acceptors (Lipinski definition) is 2. The van der Waals surface area contributed by atoms with E-state index in [9.17, 15) is 0 Å². The monoisotopic (exact) mass is 652 g/mol. The van der Waals surface area contributed by atoms with Crippen molar-refractivity contribution >= 4 is 54.4 Å². The molecule has 51 heavy (non-hydrogen) atoms. The normalized spacial score (nSPS) is 13.5. The van der Waals surface area contributed by atoms with Gasteiger partial charge in [-0.25, -0.2) is 9.97 Å². The van der Waals surface area contributed by atoms with Crippen molar-refractivity contribution < 1.29 is 0 Å². The average Bonchev–Trinajstić information content (AvgIpc) is 3.77. The summed E-state index contributed by atoms with van der Waals surface area (Å²) in [7, 11) is 0. The summed E-state index contributed by atoms with van der Waals surface area (Å²) in [4.78, 5) is 11.3. The summed E-state index contributed by atoms with van der Waals surface area (Å²) < 4.78 is 4.76. The number of fused-ring (bicyclic) bond motifs is 10. The molecule has 3 heterocycles. The summed E-state index contributed by atoms with van der Waals surface area (Å²) >= 11 is 0. The number of aromatic nitrogens is 4. The Morgan fingerprint density at radius 2 is 1.10 bits per heavy atom. The van der Waals surface area contributed by atoms with Gasteiger partial charge in [-0.2, -0.15) is 0 Å². The zero-order valence-electron chi connectivity index (χ0n) is 28.3. The third-order valence-electron chi connectivity index (χ3n) is 11.1. The van der Waals surface area contributed by atoms with Crippen LogP contribution in [0.3, 0.4) is 0 Å². The lowest BCUT2D eigenvalue weighted by atomic mass is 9.85. The predicted octanol–water partition coefficient (Wildman–Crippen LogP) is 11.8. The van der Waals surface area contributed by atoms with Crippen LogP contribution in [0.5, 0.6) is 0 Å². The van der Waals surface area contributed by atoms with Gasteiger partial charge < -0.3 is 4.57 Å². The Kier molecular flexibility index (Phi) is 5.70. The van der Waals surface area contributed by atoms with E-state index in [0.29, 0.717) is 0 Å². The Balaban J connectivity index is 1.30. The van der Waals surface area contributed by atoms with Crippen molar-refractivity contribution in [3.8, 4) is 34.0 Å². The van der Waals surface area contributed by atoms with Gasteiger partial charge in [-0.3, -0.25) is 4.57 Å². The largest absolute Gasteiger partial charge is 0.309 e. The molecule has 0 atom stereocenters. The molecule has 4 heteroatoms. The Morgan fingerprint density at radius 3 is 1.92 bits per heavy atom. The van der Waals surface area contributed by atoms with Gasteiger partial charge >= 0.3 is 0 Å². The van der Waals surface area contributed by atoms with Crippen LogP contribution in [0, 0.1) is 0 Å². The molecule has 0 amide bonds. The van der Waals surface area contributed by atoms with Gasteiger partial charge in [0.05, 0.1) is 27.8 Å². The Morgan fingerprint density at radius 1 is 0.471 bits per heavy atom. The number of benzene rings is 7. The van der Waals surface area contributed by atoms with Crippen LogP contribution < -0.4 is 0 Å². The van der Waals surface area contributed by atoms with Crippen LogP contribution in [0.15, 0.2) is 158 Å². The molecule has 3 aromatic heterocycles. The van der Waals surface area contributed by atoms with E-state index < -0.39 is 0 Å². The lowest BCUT2D eigenvalue weighted by molar-refractivity contribution is 0.635. The molecule has 0 aliphatic heterocycles. The van der Waals surface area contributed by atoms with E-state index in [-0.39, 0.29) is 5.41 Å². The van der Waals surface area contributed by atoms with Crippen LogP contribution >= 0.6 is 0 Å². The smallest absolute Gasteiger partial charge is 0.162 e. The van der Waals surface area contributed by atoms with Crippen LogP contribution in [0.4, 0.5) is 0 Å². The first-order chi connectivity index (χ1) is 25.1. The van der Waals surface area contributed by atoms with Crippen molar-refractivity contribution in [3.05, 3.63) is 169 Å². The fraction of sp³-hybridized carbons (Fsp3) is 0.0638. The van der Waals surface area contributed by atoms with Crippen LogP contribution in [-0.2, 0) is 5.41 Å². The second-order valence-electron chi connectivity index (χ2n) is 14.2. The molecule has 0 bridgehead atoms. The van der Waals surface area contributed by atoms with E-state index in [1.54, 1.807) is 0 Å². The van der Waals surface area contributed by atoms with Crippen LogP contribution in [0.25, 0.3) is 88.4 Å². The third kappa shape index (κ3) is 3.85. The number of hydrogen-bond donors (Lipinski definition) is 0. The van der Waals surface area contributed by atoms with Crippen molar-refractivity contribution in [2.45, 2.75) is 19.3 Å². The molecule has 0 radical (unpaired) electrons. The van der Waals surface area contributed by atoms with Crippen LogP contribution in [-0.4, -0.2) is 19.1 Å². The lowest BCUT2D eigenvalue weighted by Crippen LogP contribution is -2.18. The number of rotatable bonds is 3. The van der Waals surface area contributed by atoms with Crippen LogP contribution in [0.2, 0.25) is 0 Å². The van der Waals surface area contributed by atoms with E-state index in [1.807, 2.05) is 0 Å². The minimum atomic E-state index is -0.324. The number of nitrogens with zero attached hydrogens (tertiary/aromatic N) is 4. The standard InChI is InChI=1S/C47H32N4/c1-47(2)37-23-11-8-20-33(37)43-44(47)48-45(35-22-14-26-40-42(35)34-21-10-13-25-39(34)50(40)31-17-4-3-5-18-31)49-46(43)51-38-24-12-9-19-32(38)36-27-29-15-6-7-16-30(29)28-41(36)51/h3-28H,1-2H3. The molecule has 240 valence electrons. The zero-order chi connectivity index (χ0) is 33.8. The van der Waals surface area contributed by atoms with Gasteiger partial charge in [0.25, 0.3) is 0 Å². The number of para-hydroxylation sites is 3. The van der Waals surface area contributed by atoms with Crippen molar-refractivity contribution in [2.24, 2.45) is 0 Å². The molecule has 0 fully saturated rings. The van der Waals surface area contributed by atoms with Gasteiger partial charge in [0, 0.05) is 43.8 Å². The molecular formula is C47H32N4. The molecule has 0 N–H and O–H groups in total. The molecule has 0 saturated carbocycles. The molecule has 0 unspecified atom stereocenters. The van der Waals surface area contributed by atoms with Gasteiger partial charge in [-0.05, 0) is 64.4 Å². The highest BCUT2D eigenvalue weighted by Gasteiger charge is 2.40. The van der Waals surface area contributed by atoms with E-state index in [1.165, 1.54) is 38.1 Å². The Labute approximate surface area is 294 Å². The molecular weight excluding hydrogens is 621 g/mol. The van der Waals surface area contributed by atoms with Crippen molar-refractivity contribution in [1.29, 1.82) is 0 Å². The highest BCUT2D eigenvalue weighted by Crippen LogP contribution is 2.51. The third-order valence-corrected chi connectivity index (χ3v) is 11.1. The van der Waals surface area contributed by atoms with E-state index in [0.717, 1.165) is 61.6 Å². The fourth-order valence-corrected chi connectivity index (χ4v) is 8.75. The first-order valence-corrected chi connectivity index (χ1v) is 17.6. The summed E-state index contributed by atoms with van der Waals surface area (Å²) in [5.74, 6) is 1.65. The maximum Gasteiger partial charge on any atom is 0.162 e. The molecule has 1 aliphatic rings. The highest BCUT2D eigenvalue weighted by atomic mass is 15.1. The predicted molar refractivity (Wildman–Crippen MR) is 211 cm³/mol. The van der Waals surface area contributed by atoms with E-state index >= 15 is 0 Å². The molecule has 10 aromatic rings. The first-order valence-electron chi connectivity index (χ1n) is 17.6. The minimum Gasteiger partial charge on any atom is -0.309 e. The molecule has 11 rings (SSSR count). The second-order valence-corrected chi connectivity index (χ2v) is 14.2. The minimum absolute atomic E-state index is 0.324. The second kappa shape index (κ2) is 10.3. The van der Waals surface area contributed by atoms with E-state index in [4.69, 9.17) is 9.97 Å². The summed E-state index contributed by atoms with van der Waals surface area (Å²) in [5.41, 5.74) is 11.0. The van der Waals surface area contributed by atoms with Gasteiger partial charge in [-0.15, -0.1) is 0 Å². The van der Waals surface area contributed by atoms with Gasteiger partial charge in [0.15, 0.2) is 5.82 Å². The van der Waals surface area contributed by atoms with Crippen molar-refractivity contribution in [3.63, 3.8) is 0 Å². The van der Waals surface area contributed by atoms with E-state index in [2.05, 4.69) is 181 Å². The van der Waals surface area contributed by atoms with Crippen molar-refractivity contribution in [1.82, 2.24) is 19.1 Å². The molecule has 0 spiro atoms. The Bertz CT molecular complexity index is 3050. The molecule has 0 saturated heterocycles. The van der Waals surface area contributed by atoms with Gasteiger partial charge in [-0.1, -0.05) is 129 Å². The van der Waals surface area contributed by atoms with Crippen molar-refractivity contribution in [2.75, 3.05) is 0 Å². The zero-order valence-corrected chi connectivity index (χ0v) is 28.3. The summed E-state index contributed by atoms with van der Waals surface area (Å²) in [6, 6.07) is 56.7. The van der Waals surface area contributed by atoms with Gasteiger partial charge in [0.1, 0.15) is 5.82 Å². The first kappa shape index (κ1) is 28.3. The molecule has 7 aromatic carbocycles. The van der Waals surface area contributed by atoms with Gasteiger partial charge in [0.2, 0.25) is 0 Å².